The van der Waals surface area contributed by atoms with Gasteiger partial charge >= 0.3 is 6.09 Å². The molecule has 3 amide bonds. The number of aryl methyl sites for hydroxylation is 2. The SMILES string of the molecule is Cc1ccc(NC(=O)C2CCN(C(=O)C3Cc4ccccc4CN3C(=O)OC(C)(C)C)CC2)cc1C. The Kier molecular flexibility index (Phi) is 7.38. The Hall–Kier alpha value is -3.35. The van der Waals surface area contributed by atoms with E-state index in [0.717, 1.165) is 22.4 Å². The molecule has 192 valence electrons. The van der Waals surface area contributed by atoms with Gasteiger partial charge in [-0.25, -0.2) is 4.79 Å². The number of benzene rings is 2. The Balaban J connectivity index is 1.42. The molecule has 1 atom stereocenters. The molecule has 2 aromatic carbocycles. The highest BCUT2D eigenvalue weighted by atomic mass is 16.6. The molecule has 0 bridgehead atoms. The van der Waals surface area contributed by atoms with Crippen LogP contribution < -0.4 is 5.32 Å². The lowest BCUT2D eigenvalue weighted by atomic mass is 9.91. The fraction of sp³-hybridized carbons (Fsp3) is 0.483. The van der Waals surface area contributed by atoms with Gasteiger partial charge in [0.05, 0.1) is 6.54 Å². The van der Waals surface area contributed by atoms with E-state index >= 15 is 0 Å². The molecule has 0 saturated carbocycles. The van der Waals surface area contributed by atoms with Crippen LogP contribution in [-0.2, 0) is 27.3 Å². The summed E-state index contributed by atoms with van der Waals surface area (Å²) in [5.41, 5.74) is 4.59. The molecule has 2 heterocycles. The Morgan fingerprint density at radius 1 is 0.944 bits per heavy atom. The first-order chi connectivity index (χ1) is 17.0. The van der Waals surface area contributed by atoms with Crippen LogP contribution in [0.15, 0.2) is 42.5 Å². The number of amides is 3. The number of fused-ring (bicyclic) bond motifs is 1. The lowest BCUT2D eigenvalue weighted by Crippen LogP contribution is -2.56. The van der Waals surface area contributed by atoms with Gasteiger partial charge in [-0.2, -0.15) is 0 Å². The number of nitrogens with zero attached hydrogens (tertiary/aromatic N) is 2. The molecule has 0 aliphatic carbocycles. The van der Waals surface area contributed by atoms with Crippen LogP contribution in [0.2, 0.25) is 0 Å². The Bertz CT molecular complexity index is 1150. The van der Waals surface area contributed by atoms with Crippen molar-refractivity contribution in [2.75, 3.05) is 18.4 Å². The van der Waals surface area contributed by atoms with Gasteiger partial charge in [0.25, 0.3) is 0 Å². The summed E-state index contributed by atoms with van der Waals surface area (Å²) in [4.78, 5) is 43.0. The van der Waals surface area contributed by atoms with Crippen molar-refractivity contribution in [2.24, 2.45) is 5.92 Å². The maximum Gasteiger partial charge on any atom is 0.411 e. The number of ether oxygens (including phenoxy) is 1. The van der Waals surface area contributed by atoms with Crippen molar-refractivity contribution in [2.45, 2.75) is 72.1 Å². The van der Waals surface area contributed by atoms with Crippen LogP contribution >= 0.6 is 0 Å². The monoisotopic (exact) mass is 491 g/mol. The van der Waals surface area contributed by atoms with Crippen molar-refractivity contribution in [3.63, 3.8) is 0 Å². The van der Waals surface area contributed by atoms with E-state index in [0.29, 0.717) is 38.9 Å². The predicted molar refractivity (Wildman–Crippen MR) is 140 cm³/mol. The van der Waals surface area contributed by atoms with Gasteiger partial charge in [-0.15, -0.1) is 0 Å². The summed E-state index contributed by atoms with van der Waals surface area (Å²) in [5, 5.41) is 3.03. The molecule has 1 saturated heterocycles. The van der Waals surface area contributed by atoms with Gasteiger partial charge < -0.3 is 15.0 Å². The highest BCUT2D eigenvalue weighted by molar-refractivity contribution is 5.93. The highest BCUT2D eigenvalue weighted by Gasteiger charge is 2.40. The van der Waals surface area contributed by atoms with Gasteiger partial charge in [0.1, 0.15) is 11.6 Å². The van der Waals surface area contributed by atoms with E-state index in [1.54, 1.807) is 9.80 Å². The number of hydrogen-bond donors (Lipinski definition) is 1. The first-order valence-electron chi connectivity index (χ1n) is 12.7. The van der Waals surface area contributed by atoms with E-state index in [1.807, 2.05) is 77.1 Å². The van der Waals surface area contributed by atoms with Gasteiger partial charge in [0.15, 0.2) is 0 Å². The Morgan fingerprint density at radius 3 is 2.25 bits per heavy atom. The highest BCUT2D eigenvalue weighted by Crippen LogP contribution is 2.28. The van der Waals surface area contributed by atoms with Crippen LogP contribution in [0.25, 0.3) is 0 Å². The van der Waals surface area contributed by atoms with Crippen molar-refractivity contribution in [1.29, 1.82) is 0 Å². The second-order valence-corrected chi connectivity index (χ2v) is 11.0. The minimum absolute atomic E-state index is 0.00710. The summed E-state index contributed by atoms with van der Waals surface area (Å²) < 4.78 is 5.64. The smallest absolute Gasteiger partial charge is 0.411 e. The van der Waals surface area contributed by atoms with E-state index in [4.69, 9.17) is 4.74 Å². The zero-order valence-corrected chi connectivity index (χ0v) is 22.0. The summed E-state index contributed by atoms with van der Waals surface area (Å²) in [7, 11) is 0. The van der Waals surface area contributed by atoms with Gasteiger partial charge in [-0.3, -0.25) is 14.5 Å². The standard InChI is InChI=1S/C29H37N3O4/c1-19-10-11-24(16-20(19)2)30-26(33)21-12-14-31(15-13-21)27(34)25-17-22-8-6-7-9-23(22)18-32(25)28(35)36-29(3,4)5/h6-11,16,21,25H,12-15,17-18H2,1-5H3,(H,30,33). The van der Waals surface area contributed by atoms with Crippen molar-refractivity contribution < 1.29 is 19.1 Å². The average Bonchev–Trinajstić information content (AvgIpc) is 2.84. The van der Waals surface area contributed by atoms with Crippen LogP contribution in [0.4, 0.5) is 10.5 Å². The zero-order chi connectivity index (χ0) is 26.0. The van der Waals surface area contributed by atoms with E-state index in [-0.39, 0.29) is 17.7 Å². The lowest BCUT2D eigenvalue weighted by Gasteiger charge is -2.40. The number of anilines is 1. The number of hydrogen-bond acceptors (Lipinski definition) is 4. The number of nitrogens with one attached hydrogen (secondary N) is 1. The fourth-order valence-corrected chi connectivity index (χ4v) is 4.89. The van der Waals surface area contributed by atoms with Gasteiger partial charge in [0.2, 0.25) is 11.8 Å². The number of likely N-dealkylation sites (tertiary alicyclic amines) is 1. The maximum absolute atomic E-state index is 13.7. The molecule has 0 radical (unpaired) electrons. The minimum Gasteiger partial charge on any atom is -0.444 e. The van der Waals surface area contributed by atoms with Crippen molar-refractivity contribution in [1.82, 2.24) is 9.80 Å². The van der Waals surface area contributed by atoms with E-state index in [9.17, 15) is 14.4 Å². The number of carbonyl (C=O) groups excluding carboxylic acids is 3. The van der Waals surface area contributed by atoms with Crippen LogP contribution in [0.5, 0.6) is 0 Å². The lowest BCUT2D eigenvalue weighted by molar-refractivity contribution is -0.140. The summed E-state index contributed by atoms with van der Waals surface area (Å²) in [5.74, 6) is -0.236. The number of rotatable bonds is 3. The third-order valence-electron chi connectivity index (χ3n) is 7.11. The van der Waals surface area contributed by atoms with Crippen LogP contribution in [0.1, 0.15) is 55.9 Å². The van der Waals surface area contributed by atoms with Crippen molar-refractivity contribution in [3.05, 3.63) is 64.7 Å². The summed E-state index contributed by atoms with van der Waals surface area (Å²) in [6, 6.07) is 13.2. The maximum atomic E-state index is 13.7. The van der Waals surface area contributed by atoms with E-state index in [1.165, 1.54) is 5.56 Å². The average molecular weight is 492 g/mol. The first-order valence-corrected chi connectivity index (χ1v) is 12.7. The van der Waals surface area contributed by atoms with Crippen LogP contribution in [-0.4, -0.2) is 52.4 Å². The molecule has 7 nitrogen and oxygen atoms in total. The Labute approximate surface area is 213 Å². The molecular formula is C29H37N3O4. The number of carbonyl (C=O) groups is 3. The topological polar surface area (TPSA) is 79.0 Å². The molecule has 2 aromatic rings. The largest absolute Gasteiger partial charge is 0.444 e. The quantitative estimate of drug-likeness (QED) is 0.666. The van der Waals surface area contributed by atoms with E-state index < -0.39 is 17.7 Å². The van der Waals surface area contributed by atoms with Crippen LogP contribution in [0.3, 0.4) is 0 Å². The summed E-state index contributed by atoms with van der Waals surface area (Å²) in [6.45, 7) is 10.9. The molecule has 0 spiro atoms. The third kappa shape index (κ3) is 5.89. The zero-order valence-electron chi connectivity index (χ0n) is 22.0. The van der Waals surface area contributed by atoms with Gasteiger partial charge in [0, 0.05) is 31.1 Å². The Morgan fingerprint density at radius 2 is 1.61 bits per heavy atom. The molecule has 36 heavy (non-hydrogen) atoms. The molecule has 4 rings (SSSR count). The third-order valence-corrected chi connectivity index (χ3v) is 7.11. The summed E-state index contributed by atoms with van der Waals surface area (Å²) >= 11 is 0. The van der Waals surface area contributed by atoms with Crippen molar-refractivity contribution >= 4 is 23.6 Å². The molecule has 0 aromatic heterocycles. The minimum atomic E-state index is -0.649. The van der Waals surface area contributed by atoms with Crippen molar-refractivity contribution in [3.8, 4) is 0 Å². The molecular weight excluding hydrogens is 454 g/mol. The molecule has 2 aliphatic rings. The first kappa shape index (κ1) is 25.7. The molecule has 1 unspecified atom stereocenters. The second-order valence-electron chi connectivity index (χ2n) is 11.0. The summed E-state index contributed by atoms with van der Waals surface area (Å²) in [6.07, 6.45) is 1.18. The molecule has 1 fully saturated rings. The fourth-order valence-electron chi connectivity index (χ4n) is 4.89. The molecule has 2 aliphatic heterocycles. The molecule has 7 heteroatoms. The predicted octanol–water partition coefficient (Wildman–Crippen LogP) is 4.84. The normalized spacial score (nSPS) is 18.4. The molecule has 1 N–H and O–H groups in total. The number of piperidine rings is 1. The van der Waals surface area contributed by atoms with Gasteiger partial charge in [-0.05, 0) is 81.8 Å². The van der Waals surface area contributed by atoms with Gasteiger partial charge in [-0.1, -0.05) is 30.3 Å². The second kappa shape index (κ2) is 10.3. The van der Waals surface area contributed by atoms with Crippen LogP contribution in [0, 0.1) is 19.8 Å². The van der Waals surface area contributed by atoms with E-state index in [2.05, 4.69) is 5.32 Å².